The first kappa shape index (κ1) is 25.0. The average molecular weight is 435 g/mol. The van der Waals surface area contributed by atoms with Crippen molar-refractivity contribution in [1.29, 1.82) is 0 Å². The molecule has 1 aromatic heterocycles. The Morgan fingerprint density at radius 2 is 2.10 bits per heavy atom. The molecule has 2 rings (SSSR count). The molecule has 8 heteroatoms. The summed E-state index contributed by atoms with van der Waals surface area (Å²) in [5.41, 5.74) is 1.81. The molecule has 0 bridgehead atoms. The van der Waals surface area contributed by atoms with Gasteiger partial charge in [0.15, 0.2) is 5.96 Å². The first-order valence-corrected chi connectivity index (χ1v) is 11.7. The standard InChI is InChI=1S/C23H42N6O2/c1-7-24-21(25-12-9-15-29-19(3)16-18(2)27-29)26-13-11-20-10-8-14-28(17-20)22(30)31-23(4,5)6/h16,20H,7-15,17H2,1-6H3,(H2,24,25,26). The zero-order valence-electron chi connectivity index (χ0n) is 20.3. The molecule has 1 fully saturated rings. The number of hydrogen-bond acceptors (Lipinski definition) is 4. The van der Waals surface area contributed by atoms with Crippen LogP contribution in [0.1, 0.15) is 64.8 Å². The van der Waals surface area contributed by atoms with E-state index >= 15 is 0 Å². The molecule has 1 aliphatic heterocycles. The molecule has 8 nitrogen and oxygen atoms in total. The lowest BCUT2D eigenvalue weighted by molar-refractivity contribution is 0.0162. The SMILES string of the molecule is CCNC(=NCCCn1nc(C)cc1C)NCCC1CCCN(C(=O)OC(C)(C)C)C1. The molecule has 0 radical (unpaired) electrons. The zero-order chi connectivity index (χ0) is 22.9. The van der Waals surface area contributed by atoms with Gasteiger partial charge in [0.05, 0.1) is 5.69 Å². The van der Waals surface area contributed by atoms with Crippen molar-refractivity contribution in [2.45, 2.75) is 79.4 Å². The molecule has 1 saturated heterocycles. The quantitative estimate of drug-likeness (QED) is 0.372. The minimum Gasteiger partial charge on any atom is -0.444 e. The third kappa shape index (κ3) is 9.19. The highest BCUT2D eigenvalue weighted by Crippen LogP contribution is 2.21. The first-order valence-electron chi connectivity index (χ1n) is 11.7. The van der Waals surface area contributed by atoms with Gasteiger partial charge in [-0.2, -0.15) is 5.10 Å². The van der Waals surface area contributed by atoms with E-state index in [1.807, 2.05) is 37.3 Å². The number of nitrogens with zero attached hydrogens (tertiary/aromatic N) is 4. The summed E-state index contributed by atoms with van der Waals surface area (Å²) in [4.78, 5) is 18.9. The minimum atomic E-state index is -0.447. The molecule has 1 aromatic rings. The molecule has 1 amide bonds. The average Bonchev–Trinajstić information content (AvgIpc) is 3.01. The smallest absolute Gasteiger partial charge is 0.410 e. The molecule has 0 saturated carbocycles. The predicted molar refractivity (Wildman–Crippen MR) is 125 cm³/mol. The van der Waals surface area contributed by atoms with Crippen LogP contribution in [-0.4, -0.2) is 65.1 Å². The normalized spacial score (nSPS) is 17.5. The Balaban J connectivity index is 1.73. The van der Waals surface area contributed by atoms with Crippen LogP contribution in [0.3, 0.4) is 0 Å². The second kappa shape index (κ2) is 12.0. The van der Waals surface area contributed by atoms with Crippen molar-refractivity contribution in [3.8, 4) is 0 Å². The molecule has 1 aliphatic rings. The summed E-state index contributed by atoms with van der Waals surface area (Å²) in [5, 5.41) is 11.3. The third-order valence-electron chi connectivity index (χ3n) is 5.26. The third-order valence-corrected chi connectivity index (χ3v) is 5.26. The van der Waals surface area contributed by atoms with Gasteiger partial charge >= 0.3 is 6.09 Å². The second-order valence-corrected chi connectivity index (χ2v) is 9.41. The van der Waals surface area contributed by atoms with Gasteiger partial charge in [-0.25, -0.2) is 4.79 Å². The molecule has 1 unspecified atom stereocenters. The van der Waals surface area contributed by atoms with Crippen LogP contribution in [0, 0.1) is 19.8 Å². The van der Waals surface area contributed by atoms with E-state index in [1.54, 1.807) is 0 Å². The number of aryl methyl sites for hydroxylation is 3. The second-order valence-electron chi connectivity index (χ2n) is 9.41. The van der Waals surface area contributed by atoms with Crippen LogP contribution < -0.4 is 10.6 Å². The van der Waals surface area contributed by atoms with Gasteiger partial charge < -0.3 is 20.3 Å². The van der Waals surface area contributed by atoms with Crippen molar-refractivity contribution < 1.29 is 9.53 Å². The zero-order valence-corrected chi connectivity index (χ0v) is 20.3. The number of hydrogen-bond donors (Lipinski definition) is 2. The van der Waals surface area contributed by atoms with Crippen LogP contribution in [0.25, 0.3) is 0 Å². The first-order chi connectivity index (χ1) is 14.7. The van der Waals surface area contributed by atoms with Gasteiger partial charge in [0, 0.05) is 45.0 Å². The lowest BCUT2D eigenvalue weighted by Gasteiger charge is -2.34. The van der Waals surface area contributed by atoms with E-state index in [0.29, 0.717) is 5.92 Å². The molecule has 0 aromatic carbocycles. The number of guanidine groups is 1. The number of likely N-dealkylation sites (tertiary alicyclic amines) is 1. The molecule has 1 atom stereocenters. The van der Waals surface area contributed by atoms with Crippen molar-refractivity contribution >= 4 is 12.1 Å². The Kier molecular flexibility index (Phi) is 9.65. The van der Waals surface area contributed by atoms with Crippen LogP contribution in [0.15, 0.2) is 11.1 Å². The number of carbonyl (C=O) groups is 1. The highest BCUT2D eigenvalue weighted by Gasteiger charge is 2.27. The predicted octanol–water partition coefficient (Wildman–Crippen LogP) is 3.48. The Labute approximate surface area is 187 Å². The summed E-state index contributed by atoms with van der Waals surface area (Å²) < 4.78 is 7.58. The molecule has 0 spiro atoms. The minimum absolute atomic E-state index is 0.192. The summed E-state index contributed by atoms with van der Waals surface area (Å²) in [6.45, 7) is 16.8. The van der Waals surface area contributed by atoms with Crippen molar-refractivity contribution in [2.75, 3.05) is 32.7 Å². The van der Waals surface area contributed by atoms with Gasteiger partial charge in [-0.05, 0) is 79.2 Å². The Morgan fingerprint density at radius 1 is 1.32 bits per heavy atom. The number of piperidine rings is 1. The lowest BCUT2D eigenvalue weighted by atomic mass is 9.95. The Hall–Kier alpha value is -2.25. The molecular formula is C23H42N6O2. The van der Waals surface area contributed by atoms with Crippen LogP contribution in [0.4, 0.5) is 4.79 Å². The topological polar surface area (TPSA) is 83.8 Å². The van der Waals surface area contributed by atoms with Crippen LogP contribution in [-0.2, 0) is 11.3 Å². The highest BCUT2D eigenvalue weighted by atomic mass is 16.6. The van der Waals surface area contributed by atoms with Gasteiger partial charge in [-0.3, -0.25) is 9.67 Å². The van der Waals surface area contributed by atoms with Gasteiger partial charge in [-0.1, -0.05) is 0 Å². The number of aliphatic imine (C=N–C) groups is 1. The van der Waals surface area contributed by atoms with Crippen molar-refractivity contribution in [2.24, 2.45) is 10.9 Å². The van der Waals surface area contributed by atoms with Crippen LogP contribution >= 0.6 is 0 Å². The Bertz CT molecular complexity index is 722. The summed E-state index contributed by atoms with van der Waals surface area (Å²) in [7, 11) is 0. The van der Waals surface area contributed by atoms with E-state index in [4.69, 9.17) is 9.73 Å². The van der Waals surface area contributed by atoms with E-state index in [2.05, 4.69) is 35.6 Å². The molecule has 176 valence electrons. The number of carbonyl (C=O) groups excluding carboxylic acids is 1. The highest BCUT2D eigenvalue weighted by molar-refractivity contribution is 5.79. The summed E-state index contributed by atoms with van der Waals surface area (Å²) in [6.07, 6.45) is 3.95. The molecule has 31 heavy (non-hydrogen) atoms. The van der Waals surface area contributed by atoms with Crippen LogP contribution in [0.5, 0.6) is 0 Å². The maximum absolute atomic E-state index is 12.4. The van der Waals surface area contributed by atoms with E-state index < -0.39 is 5.60 Å². The maximum atomic E-state index is 12.4. The fourth-order valence-electron chi connectivity index (χ4n) is 3.84. The van der Waals surface area contributed by atoms with E-state index in [-0.39, 0.29) is 6.09 Å². The Morgan fingerprint density at radius 3 is 2.74 bits per heavy atom. The fourth-order valence-corrected chi connectivity index (χ4v) is 3.84. The van der Waals surface area contributed by atoms with Crippen molar-refractivity contribution in [3.63, 3.8) is 0 Å². The summed E-state index contributed by atoms with van der Waals surface area (Å²) in [5.74, 6) is 1.35. The van der Waals surface area contributed by atoms with Crippen LogP contribution in [0.2, 0.25) is 0 Å². The van der Waals surface area contributed by atoms with Crippen molar-refractivity contribution in [3.05, 3.63) is 17.5 Å². The van der Waals surface area contributed by atoms with E-state index in [0.717, 1.165) is 76.6 Å². The largest absolute Gasteiger partial charge is 0.444 e. The monoisotopic (exact) mass is 434 g/mol. The van der Waals surface area contributed by atoms with Gasteiger partial charge in [0.1, 0.15) is 5.60 Å². The number of rotatable bonds is 8. The lowest BCUT2D eigenvalue weighted by Crippen LogP contribution is -2.44. The van der Waals surface area contributed by atoms with E-state index in [1.165, 1.54) is 5.69 Å². The summed E-state index contributed by atoms with van der Waals surface area (Å²) >= 11 is 0. The van der Waals surface area contributed by atoms with Gasteiger partial charge in [-0.15, -0.1) is 0 Å². The summed E-state index contributed by atoms with van der Waals surface area (Å²) in [6, 6.07) is 2.10. The molecular weight excluding hydrogens is 392 g/mol. The van der Waals surface area contributed by atoms with Gasteiger partial charge in [0.2, 0.25) is 0 Å². The van der Waals surface area contributed by atoms with Gasteiger partial charge in [0.25, 0.3) is 0 Å². The molecule has 2 heterocycles. The number of ether oxygens (including phenoxy) is 1. The number of aromatic nitrogens is 2. The van der Waals surface area contributed by atoms with Crippen molar-refractivity contribution in [1.82, 2.24) is 25.3 Å². The maximum Gasteiger partial charge on any atom is 0.410 e. The number of amides is 1. The fraction of sp³-hybridized carbons (Fsp3) is 0.783. The molecule has 0 aliphatic carbocycles. The molecule has 2 N–H and O–H groups in total. The number of nitrogens with one attached hydrogen (secondary N) is 2. The van der Waals surface area contributed by atoms with E-state index in [9.17, 15) is 4.79 Å².